The van der Waals surface area contributed by atoms with Gasteiger partial charge in [-0.15, -0.1) is 0 Å². The number of nitrogens with zero attached hydrogens (tertiary/aromatic N) is 1. The summed E-state index contributed by atoms with van der Waals surface area (Å²) >= 11 is 4.24. The van der Waals surface area contributed by atoms with Gasteiger partial charge in [0.15, 0.2) is 0 Å². The van der Waals surface area contributed by atoms with Crippen molar-refractivity contribution in [3.05, 3.63) is 4.91 Å². The monoisotopic (exact) mass is 438 g/mol. The van der Waals surface area contributed by atoms with Crippen LogP contribution < -0.4 is 17.2 Å². The van der Waals surface area contributed by atoms with Crippen LogP contribution in [-0.2, 0) is 0 Å². The Bertz CT molecular complexity index is 73.3. The van der Waals surface area contributed by atoms with E-state index in [1.807, 2.05) is 6.92 Å². The van der Waals surface area contributed by atoms with Crippen LogP contribution in [0.1, 0.15) is 6.92 Å². The van der Waals surface area contributed by atoms with Crippen LogP contribution in [0.25, 0.3) is 0 Å². The van der Waals surface area contributed by atoms with Crippen molar-refractivity contribution in [2.75, 3.05) is 0 Å². The maximum absolute atomic E-state index is 9.82. The fourth-order valence-corrected chi connectivity index (χ4v) is 0.587. The molecule has 0 fully saturated rings. The molecule has 44 valence electrons. The van der Waals surface area contributed by atoms with E-state index < -0.39 is 0 Å². The average molecular weight is 438 g/mol. The van der Waals surface area contributed by atoms with Gasteiger partial charge in [0.1, 0.15) is 0 Å². The Labute approximate surface area is 75.7 Å². The number of nitroso groups, excluding NO2 is 1. The van der Waals surface area contributed by atoms with Crippen LogP contribution in [0, 0.1) is 4.91 Å². The molecule has 0 aliphatic carbocycles. The molecule has 0 radical (unpaired) electrons. The van der Waals surface area contributed by atoms with Gasteiger partial charge in [-0.3, -0.25) is 0 Å². The molecule has 0 saturated heterocycles. The normalized spacial score (nSPS) is 18.7. The molecule has 0 amide bonds. The molecule has 0 spiro atoms. The summed E-state index contributed by atoms with van der Waals surface area (Å²) in [5.74, 6) is 0. The SMILES string of the molecule is CC(I)(N=O)[I-]I. The predicted molar refractivity (Wildman–Crippen MR) is 42.2 cm³/mol. The zero-order chi connectivity index (χ0) is 5.91. The van der Waals surface area contributed by atoms with Gasteiger partial charge < -0.3 is 0 Å². The van der Waals surface area contributed by atoms with Gasteiger partial charge in [0.05, 0.1) is 0 Å². The van der Waals surface area contributed by atoms with E-state index in [-0.39, 0.29) is 18.8 Å². The molecule has 5 heteroatoms. The summed E-state index contributed by atoms with van der Waals surface area (Å²) in [6.07, 6.45) is 0. The first-order chi connectivity index (χ1) is 3.12. The minimum atomic E-state index is -0.281. The van der Waals surface area contributed by atoms with Gasteiger partial charge in [-0.1, -0.05) is 0 Å². The van der Waals surface area contributed by atoms with Crippen LogP contribution in [0.15, 0.2) is 5.18 Å². The van der Waals surface area contributed by atoms with Crippen molar-refractivity contribution < 1.29 is 17.2 Å². The van der Waals surface area contributed by atoms with Gasteiger partial charge >= 0.3 is 77.0 Å². The van der Waals surface area contributed by atoms with Crippen molar-refractivity contribution in [1.82, 2.24) is 0 Å². The van der Waals surface area contributed by atoms with Crippen molar-refractivity contribution in [3.8, 4) is 0 Å². The molecule has 1 unspecified atom stereocenters. The van der Waals surface area contributed by atoms with Crippen molar-refractivity contribution in [2.24, 2.45) is 5.18 Å². The van der Waals surface area contributed by atoms with Crippen LogP contribution >= 0.6 is 41.2 Å². The van der Waals surface area contributed by atoms with Gasteiger partial charge in [-0.25, -0.2) is 0 Å². The number of hydrogen-bond acceptors (Lipinski definition) is 2. The number of halogens is 3. The summed E-state index contributed by atoms with van der Waals surface area (Å²) in [5.41, 5.74) is 0. The Hall–Kier alpha value is 1.79. The molecule has 0 aliphatic rings. The van der Waals surface area contributed by atoms with Gasteiger partial charge in [-0.05, 0) is 0 Å². The fraction of sp³-hybridized carbons (Fsp3) is 1.00. The standard InChI is InChI=1S/C2H3I3NO/c1-2(3,5-4)6-7/h1H3/q-1. The number of rotatable bonds is 2. The van der Waals surface area contributed by atoms with Crippen molar-refractivity contribution in [3.63, 3.8) is 0 Å². The summed E-state index contributed by atoms with van der Waals surface area (Å²) < 4.78 is -0.281. The van der Waals surface area contributed by atoms with E-state index in [1.54, 1.807) is 0 Å². The second kappa shape index (κ2) is 3.75. The third-order valence-electron chi connectivity index (χ3n) is 0.291. The van der Waals surface area contributed by atoms with E-state index >= 15 is 0 Å². The fourth-order valence-electron chi connectivity index (χ4n) is 0.0130. The summed E-state index contributed by atoms with van der Waals surface area (Å²) in [6.45, 7) is 1.85. The third kappa shape index (κ3) is 4.30. The molecule has 0 aromatic heterocycles. The van der Waals surface area contributed by atoms with Crippen LogP contribution in [0.5, 0.6) is 0 Å². The first kappa shape index (κ1) is 8.79. The molecule has 7 heavy (non-hydrogen) atoms. The molecule has 0 aromatic carbocycles. The number of alkyl halides is 2. The summed E-state index contributed by atoms with van der Waals surface area (Å²) in [6, 6.07) is 0. The van der Waals surface area contributed by atoms with Crippen LogP contribution in [0.3, 0.4) is 0 Å². The van der Waals surface area contributed by atoms with Gasteiger partial charge in [0.25, 0.3) is 0 Å². The van der Waals surface area contributed by atoms with Crippen molar-refractivity contribution in [1.29, 1.82) is 0 Å². The molecule has 2 nitrogen and oxygen atoms in total. The Morgan fingerprint density at radius 1 is 1.86 bits per heavy atom. The second-order valence-electron chi connectivity index (χ2n) is 1.00. The van der Waals surface area contributed by atoms with E-state index in [2.05, 4.69) is 46.4 Å². The van der Waals surface area contributed by atoms with E-state index in [4.69, 9.17) is 0 Å². The van der Waals surface area contributed by atoms with E-state index in [0.717, 1.165) is 0 Å². The first-order valence-electron chi connectivity index (χ1n) is 1.43. The maximum atomic E-state index is 9.82. The Balaban J connectivity index is 3.58. The first-order valence-corrected chi connectivity index (χ1v) is 9.87. The minimum absolute atomic E-state index is 0.0615. The van der Waals surface area contributed by atoms with Crippen LogP contribution in [0.4, 0.5) is 0 Å². The third-order valence-corrected chi connectivity index (χ3v) is 13.4. The zero-order valence-corrected chi connectivity index (χ0v) is 9.96. The predicted octanol–water partition coefficient (Wildman–Crippen LogP) is -0.699. The molecule has 0 bridgehead atoms. The zero-order valence-electron chi connectivity index (χ0n) is 3.49. The topological polar surface area (TPSA) is 29.4 Å². The molecule has 0 aliphatic heterocycles. The summed E-state index contributed by atoms with van der Waals surface area (Å²) in [5, 5.41) is 2.92. The van der Waals surface area contributed by atoms with Gasteiger partial charge in [-0.2, -0.15) is 0 Å². The summed E-state index contributed by atoms with van der Waals surface area (Å²) in [7, 11) is 0. The Kier molecular flexibility index (Phi) is 4.71. The van der Waals surface area contributed by atoms with E-state index in [0.29, 0.717) is 0 Å². The molecule has 0 rings (SSSR count). The van der Waals surface area contributed by atoms with Crippen LogP contribution in [-0.4, -0.2) is 1.55 Å². The quantitative estimate of drug-likeness (QED) is 0.243. The Morgan fingerprint density at radius 2 is 2.29 bits per heavy atom. The molecule has 0 saturated carbocycles. The van der Waals surface area contributed by atoms with Crippen LogP contribution in [0.2, 0.25) is 0 Å². The molecule has 1 atom stereocenters. The molecular weight excluding hydrogens is 435 g/mol. The van der Waals surface area contributed by atoms with E-state index in [9.17, 15) is 4.91 Å². The second-order valence-corrected chi connectivity index (χ2v) is 10.4. The Morgan fingerprint density at radius 3 is 2.29 bits per heavy atom. The molecule has 0 heterocycles. The van der Waals surface area contributed by atoms with Gasteiger partial charge in [0, 0.05) is 0 Å². The summed E-state index contributed by atoms with van der Waals surface area (Å²) in [4.78, 5) is 9.82. The number of hydrogen-bond donors (Lipinski definition) is 0. The van der Waals surface area contributed by atoms with Crippen molar-refractivity contribution >= 4 is 41.2 Å². The molecular formula is C2H3I3NO-. The van der Waals surface area contributed by atoms with E-state index in [1.165, 1.54) is 0 Å². The van der Waals surface area contributed by atoms with Crippen molar-refractivity contribution in [2.45, 2.75) is 8.48 Å². The molecule has 0 aromatic rings. The molecule has 0 N–H and O–H groups in total. The average Bonchev–Trinajstić information content (AvgIpc) is 1.68. The van der Waals surface area contributed by atoms with Gasteiger partial charge in [0.2, 0.25) is 0 Å².